The van der Waals surface area contributed by atoms with E-state index in [0.717, 1.165) is 18.4 Å². The topological polar surface area (TPSA) is 80.1 Å². The number of aromatic nitrogens is 2. The van der Waals surface area contributed by atoms with E-state index in [0.29, 0.717) is 22.8 Å². The fourth-order valence-electron chi connectivity index (χ4n) is 1.69. The van der Waals surface area contributed by atoms with Crippen LogP contribution in [0.25, 0.3) is 11.4 Å². The highest BCUT2D eigenvalue weighted by Crippen LogP contribution is 2.20. The molecule has 0 spiro atoms. The summed E-state index contributed by atoms with van der Waals surface area (Å²) in [5, 5.41) is 9.96. The molecule has 0 unspecified atom stereocenters. The molecule has 0 bridgehead atoms. The van der Waals surface area contributed by atoms with Crippen LogP contribution in [0.4, 0.5) is 4.79 Å². The number of nitrogens with one attached hydrogen (secondary N) is 2. The molecule has 6 nitrogen and oxygen atoms in total. The monoisotopic (exact) mass is 292 g/mol. The van der Waals surface area contributed by atoms with Crippen LogP contribution in [0.3, 0.4) is 0 Å². The quantitative estimate of drug-likeness (QED) is 0.906. The highest BCUT2D eigenvalue weighted by molar-refractivity contribution is 6.30. The molecule has 0 radical (unpaired) electrons. The van der Waals surface area contributed by atoms with Gasteiger partial charge in [0.1, 0.15) is 0 Å². The summed E-state index contributed by atoms with van der Waals surface area (Å²) in [6, 6.07) is 7.29. The molecule has 20 heavy (non-hydrogen) atoms. The highest BCUT2D eigenvalue weighted by Gasteiger charge is 2.23. The van der Waals surface area contributed by atoms with Gasteiger partial charge in [-0.25, -0.2) is 4.79 Å². The Morgan fingerprint density at radius 1 is 1.45 bits per heavy atom. The minimum Gasteiger partial charge on any atom is -0.337 e. The average Bonchev–Trinajstić information content (AvgIpc) is 3.11. The second kappa shape index (κ2) is 5.50. The van der Waals surface area contributed by atoms with E-state index < -0.39 is 0 Å². The van der Waals surface area contributed by atoms with Gasteiger partial charge in [-0.05, 0) is 25.0 Å². The summed E-state index contributed by atoms with van der Waals surface area (Å²) in [6.45, 7) is 0.201. The number of urea groups is 1. The Labute approximate surface area is 120 Å². The molecule has 7 heteroatoms. The van der Waals surface area contributed by atoms with Gasteiger partial charge >= 0.3 is 6.03 Å². The first-order chi connectivity index (χ1) is 9.70. The summed E-state index contributed by atoms with van der Waals surface area (Å²) in [4.78, 5) is 15.7. The van der Waals surface area contributed by atoms with Gasteiger partial charge in [-0.1, -0.05) is 28.9 Å². The van der Waals surface area contributed by atoms with Crippen LogP contribution in [0, 0.1) is 0 Å². The van der Waals surface area contributed by atoms with Gasteiger partial charge < -0.3 is 15.2 Å². The third-order valence-electron chi connectivity index (χ3n) is 2.86. The molecule has 0 atom stereocenters. The smallest absolute Gasteiger partial charge is 0.315 e. The minimum atomic E-state index is -0.213. The lowest BCUT2D eigenvalue weighted by atomic mass is 10.2. The van der Waals surface area contributed by atoms with Gasteiger partial charge in [0.15, 0.2) is 0 Å². The number of hydrogen-bond donors (Lipinski definition) is 2. The fourth-order valence-corrected chi connectivity index (χ4v) is 1.88. The van der Waals surface area contributed by atoms with Crippen LogP contribution in [-0.4, -0.2) is 22.2 Å². The number of hydrogen-bond acceptors (Lipinski definition) is 4. The zero-order valence-corrected chi connectivity index (χ0v) is 11.4. The Morgan fingerprint density at radius 2 is 2.30 bits per heavy atom. The lowest BCUT2D eigenvalue weighted by Crippen LogP contribution is -2.36. The van der Waals surface area contributed by atoms with Crippen molar-refractivity contribution in [2.24, 2.45) is 0 Å². The van der Waals surface area contributed by atoms with Gasteiger partial charge in [-0.15, -0.1) is 0 Å². The predicted molar refractivity (Wildman–Crippen MR) is 73.1 cm³/mol. The number of carbonyl (C=O) groups excluding carboxylic acids is 1. The number of rotatable bonds is 4. The first kappa shape index (κ1) is 12.9. The molecule has 1 aromatic carbocycles. The first-order valence-electron chi connectivity index (χ1n) is 6.33. The molecule has 2 amide bonds. The Kier molecular flexibility index (Phi) is 3.56. The molecule has 1 aliphatic carbocycles. The van der Waals surface area contributed by atoms with Crippen molar-refractivity contribution in [1.82, 2.24) is 20.8 Å². The maximum absolute atomic E-state index is 11.5. The van der Waals surface area contributed by atoms with Crippen LogP contribution in [0.2, 0.25) is 5.02 Å². The predicted octanol–water partition coefficient (Wildman–Crippen LogP) is 2.35. The number of nitrogens with zero attached hydrogens (tertiary/aromatic N) is 2. The van der Waals surface area contributed by atoms with Crippen molar-refractivity contribution in [1.29, 1.82) is 0 Å². The van der Waals surface area contributed by atoms with Crippen molar-refractivity contribution in [3.05, 3.63) is 35.2 Å². The van der Waals surface area contributed by atoms with Gasteiger partial charge in [-0.2, -0.15) is 4.98 Å². The summed E-state index contributed by atoms with van der Waals surface area (Å²) >= 11 is 5.91. The molecule has 1 fully saturated rings. The van der Waals surface area contributed by atoms with E-state index >= 15 is 0 Å². The Bertz CT molecular complexity index is 624. The van der Waals surface area contributed by atoms with E-state index in [1.807, 2.05) is 12.1 Å². The van der Waals surface area contributed by atoms with Gasteiger partial charge in [-0.3, -0.25) is 0 Å². The van der Waals surface area contributed by atoms with E-state index in [9.17, 15) is 4.79 Å². The number of halogens is 1. The van der Waals surface area contributed by atoms with Gasteiger partial charge in [0.25, 0.3) is 0 Å². The molecule has 2 N–H and O–H groups in total. The second-order valence-electron chi connectivity index (χ2n) is 4.62. The maximum Gasteiger partial charge on any atom is 0.315 e. The van der Waals surface area contributed by atoms with Crippen molar-refractivity contribution >= 4 is 17.6 Å². The standard InChI is InChI=1S/C13H13ClN4O2/c14-9-3-1-2-8(6-9)12-17-11(20-18-12)7-15-13(19)16-10-4-5-10/h1-3,6,10H,4-5,7H2,(H2,15,16,19). The molecule has 1 aliphatic rings. The number of benzene rings is 1. The van der Waals surface area contributed by atoms with Crippen molar-refractivity contribution < 1.29 is 9.32 Å². The number of amides is 2. The Balaban J connectivity index is 1.60. The zero-order chi connectivity index (χ0) is 13.9. The average molecular weight is 293 g/mol. The molecule has 104 valence electrons. The van der Waals surface area contributed by atoms with Crippen LogP contribution in [0.1, 0.15) is 18.7 Å². The van der Waals surface area contributed by atoms with E-state index in [4.69, 9.17) is 16.1 Å². The fraction of sp³-hybridized carbons (Fsp3) is 0.308. The van der Waals surface area contributed by atoms with Crippen LogP contribution in [-0.2, 0) is 6.54 Å². The molecule has 3 rings (SSSR count). The third-order valence-corrected chi connectivity index (χ3v) is 3.10. The Morgan fingerprint density at radius 3 is 3.05 bits per heavy atom. The van der Waals surface area contributed by atoms with Crippen LogP contribution < -0.4 is 10.6 Å². The summed E-state index contributed by atoms with van der Waals surface area (Å²) < 4.78 is 5.08. The SMILES string of the molecule is O=C(NCc1nc(-c2cccc(Cl)c2)no1)NC1CC1. The van der Waals surface area contributed by atoms with Crippen molar-refractivity contribution in [2.75, 3.05) is 0 Å². The van der Waals surface area contributed by atoms with Crippen molar-refractivity contribution in [3.63, 3.8) is 0 Å². The molecule has 0 aliphatic heterocycles. The molecular weight excluding hydrogens is 280 g/mol. The highest BCUT2D eigenvalue weighted by atomic mass is 35.5. The molecule has 2 aromatic rings. The first-order valence-corrected chi connectivity index (χ1v) is 6.71. The number of carbonyl (C=O) groups is 1. The third kappa shape index (κ3) is 3.27. The van der Waals surface area contributed by atoms with E-state index in [2.05, 4.69) is 20.8 Å². The lowest BCUT2D eigenvalue weighted by molar-refractivity contribution is 0.238. The normalized spacial score (nSPS) is 14.1. The van der Waals surface area contributed by atoms with Crippen molar-refractivity contribution in [2.45, 2.75) is 25.4 Å². The summed E-state index contributed by atoms with van der Waals surface area (Å²) in [5.74, 6) is 0.804. The molecule has 1 aromatic heterocycles. The largest absolute Gasteiger partial charge is 0.337 e. The summed E-state index contributed by atoms with van der Waals surface area (Å²) in [6.07, 6.45) is 2.10. The van der Waals surface area contributed by atoms with Crippen LogP contribution in [0.15, 0.2) is 28.8 Å². The van der Waals surface area contributed by atoms with Crippen LogP contribution >= 0.6 is 11.6 Å². The maximum atomic E-state index is 11.5. The van der Waals surface area contributed by atoms with E-state index in [1.165, 1.54) is 0 Å². The molecule has 0 saturated heterocycles. The van der Waals surface area contributed by atoms with Crippen LogP contribution in [0.5, 0.6) is 0 Å². The van der Waals surface area contributed by atoms with Gasteiger partial charge in [0.2, 0.25) is 11.7 Å². The van der Waals surface area contributed by atoms with E-state index in [-0.39, 0.29) is 12.6 Å². The molecular formula is C13H13ClN4O2. The summed E-state index contributed by atoms with van der Waals surface area (Å²) in [7, 11) is 0. The van der Waals surface area contributed by atoms with Gasteiger partial charge in [0, 0.05) is 16.6 Å². The van der Waals surface area contributed by atoms with Crippen molar-refractivity contribution in [3.8, 4) is 11.4 Å². The zero-order valence-electron chi connectivity index (χ0n) is 10.6. The lowest BCUT2D eigenvalue weighted by Gasteiger charge is -2.02. The van der Waals surface area contributed by atoms with E-state index in [1.54, 1.807) is 12.1 Å². The molecule has 1 heterocycles. The van der Waals surface area contributed by atoms with Gasteiger partial charge in [0.05, 0.1) is 6.54 Å². The second-order valence-corrected chi connectivity index (χ2v) is 5.06. The molecule has 1 saturated carbocycles. The minimum absolute atomic E-state index is 0.201. The Hall–Kier alpha value is -2.08. The summed E-state index contributed by atoms with van der Waals surface area (Å²) in [5.41, 5.74) is 0.773.